The number of ether oxygens (including phenoxy) is 1. The zero-order valence-corrected chi connectivity index (χ0v) is 22.6. The normalized spacial score (nSPS) is 19.3. The average Bonchev–Trinajstić information content (AvgIpc) is 3.58. The Kier molecular flexibility index (Phi) is 9.78. The molecule has 1 unspecified atom stereocenters. The molecule has 0 aromatic heterocycles. The van der Waals surface area contributed by atoms with Crippen LogP contribution in [0.15, 0.2) is 84.9 Å². The molecule has 3 aromatic carbocycles. The number of carbonyl (C=O) groups is 3. The molecule has 0 radical (unpaired) electrons. The molecule has 1 aliphatic carbocycles. The molecule has 1 saturated carbocycles. The van der Waals surface area contributed by atoms with E-state index in [1.807, 2.05) is 67.6 Å². The van der Waals surface area contributed by atoms with E-state index >= 15 is 0 Å². The summed E-state index contributed by atoms with van der Waals surface area (Å²) >= 11 is 0. The number of carboxylic acid groups (broad SMARTS) is 2. The van der Waals surface area contributed by atoms with E-state index in [0.29, 0.717) is 19.0 Å². The molecule has 3 N–H and O–H groups in total. The van der Waals surface area contributed by atoms with Crippen LogP contribution >= 0.6 is 0 Å². The van der Waals surface area contributed by atoms with Gasteiger partial charge in [0.25, 0.3) is 0 Å². The second-order valence-corrected chi connectivity index (χ2v) is 10.3. The Morgan fingerprint density at radius 1 is 0.900 bits per heavy atom. The van der Waals surface area contributed by atoms with Crippen molar-refractivity contribution in [3.05, 3.63) is 107 Å². The number of rotatable bonds is 8. The molecule has 2 aliphatic rings. The number of carbonyl (C=O) groups excluding carboxylic acids is 2. The maximum absolute atomic E-state index is 13.3. The van der Waals surface area contributed by atoms with Gasteiger partial charge in [-0.05, 0) is 47.9 Å². The Hall–Kier alpha value is -4.33. The summed E-state index contributed by atoms with van der Waals surface area (Å²) in [6.07, 6.45) is 2.15. The minimum absolute atomic E-state index is 0.0606. The van der Waals surface area contributed by atoms with Crippen molar-refractivity contribution in [2.75, 3.05) is 0 Å². The minimum Gasteiger partial charge on any atom is -0.450 e. The maximum atomic E-state index is 13.3. The van der Waals surface area contributed by atoms with E-state index in [0.717, 1.165) is 35.1 Å². The third-order valence-electron chi connectivity index (χ3n) is 7.68. The Morgan fingerprint density at radius 2 is 1.48 bits per heavy atom. The molecule has 2 fully saturated rings. The van der Waals surface area contributed by atoms with Crippen molar-refractivity contribution in [3.63, 3.8) is 0 Å². The van der Waals surface area contributed by atoms with Gasteiger partial charge < -0.3 is 20.3 Å². The van der Waals surface area contributed by atoms with Crippen molar-refractivity contribution in [1.82, 2.24) is 10.2 Å². The first-order valence-electron chi connectivity index (χ1n) is 13.7. The lowest BCUT2D eigenvalue weighted by atomic mass is 9.83. The van der Waals surface area contributed by atoms with Crippen molar-refractivity contribution < 1.29 is 29.3 Å². The highest BCUT2D eigenvalue weighted by atomic mass is 16.6. The van der Waals surface area contributed by atoms with Crippen LogP contribution in [0, 0.1) is 5.92 Å². The van der Waals surface area contributed by atoms with Gasteiger partial charge in [-0.15, -0.1) is 0 Å². The van der Waals surface area contributed by atoms with Crippen molar-refractivity contribution in [1.29, 1.82) is 0 Å². The van der Waals surface area contributed by atoms with Gasteiger partial charge in [0.15, 0.2) is 0 Å². The minimum atomic E-state index is -1.83. The van der Waals surface area contributed by atoms with Crippen LogP contribution in [0.1, 0.15) is 66.9 Å². The number of amides is 2. The number of hydrogen-bond donors (Lipinski definition) is 3. The smallest absolute Gasteiger partial charge is 0.450 e. The molecule has 0 bridgehead atoms. The predicted molar refractivity (Wildman–Crippen MR) is 151 cm³/mol. The third-order valence-corrected chi connectivity index (χ3v) is 7.68. The molecule has 2 amide bonds. The standard InChI is InChI=1S/C31H34N2O3.CH2O3/c1-22-29(27-14-6-3-7-15-27)36-31(35)33(22)21-24-16-18-26(19-17-24)28(25-12-8-9-13-25)30(34)32-20-23-10-4-2-5-11-23;2-1(3)4/h2-7,10-11,14-19,22,25,28-29H,8-9,12-13,20-21H2,1H3,(H,32,34);(H2,2,3,4)/t22-,28?,29-;/m0./s1. The van der Waals surface area contributed by atoms with E-state index in [2.05, 4.69) is 29.6 Å². The lowest BCUT2D eigenvalue weighted by Crippen LogP contribution is -2.33. The van der Waals surface area contributed by atoms with Crippen molar-refractivity contribution in [2.24, 2.45) is 5.92 Å². The SMILES string of the molecule is C[C@H]1[C@@H](c2ccccc2)OC(=O)N1Cc1ccc(C(C(=O)NCc2ccccc2)C2CCCC2)cc1.O=C(O)O. The van der Waals surface area contributed by atoms with Crippen LogP contribution in [0.3, 0.4) is 0 Å². The molecule has 1 saturated heterocycles. The first-order chi connectivity index (χ1) is 19.3. The molecule has 1 heterocycles. The molecule has 210 valence electrons. The van der Waals surface area contributed by atoms with Crippen LogP contribution in [0.25, 0.3) is 0 Å². The molecule has 3 atom stereocenters. The van der Waals surface area contributed by atoms with Gasteiger partial charge in [0.1, 0.15) is 6.10 Å². The van der Waals surface area contributed by atoms with Crippen LogP contribution in [0.5, 0.6) is 0 Å². The van der Waals surface area contributed by atoms with Crippen molar-refractivity contribution in [2.45, 2.75) is 63.8 Å². The van der Waals surface area contributed by atoms with Crippen LogP contribution in [-0.2, 0) is 22.6 Å². The summed E-state index contributed by atoms with van der Waals surface area (Å²) in [5.74, 6) is 0.316. The topological polar surface area (TPSA) is 116 Å². The molecule has 40 heavy (non-hydrogen) atoms. The average molecular weight is 545 g/mol. The zero-order valence-electron chi connectivity index (χ0n) is 22.6. The molecule has 8 heteroatoms. The van der Waals surface area contributed by atoms with E-state index in [-0.39, 0.29) is 30.1 Å². The van der Waals surface area contributed by atoms with Crippen molar-refractivity contribution in [3.8, 4) is 0 Å². The molecule has 3 aromatic rings. The van der Waals surface area contributed by atoms with Gasteiger partial charge in [-0.25, -0.2) is 9.59 Å². The van der Waals surface area contributed by atoms with Gasteiger partial charge in [0.05, 0.1) is 12.0 Å². The van der Waals surface area contributed by atoms with Gasteiger partial charge in [-0.1, -0.05) is 97.8 Å². The highest BCUT2D eigenvalue weighted by Crippen LogP contribution is 2.38. The van der Waals surface area contributed by atoms with E-state index in [1.165, 1.54) is 12.8 Å². The van der Waals surface area contributed by atoms with Gasteiger partial charge in [0.2, 0.25) is 5.91 Å². The monoisotopic (exact) mass is 544 g/mol. The van der Waals surface area contributed by atoms with E-state index in [4.69, 9.17) is 19.7 Å². The molecule has 0 spiro atoms. The summed E-state index contributed by atoms with van der Waals surface area (Å²) in [5, 5.41) is 17.1. The van der Waals surface area contributed by atoms with Crippen LogP contribution in [-0.4, -0.2) is 39.3 Å². The fourth-order valence-electron chi connectivity index (χ4n) is 5.65. The summed E-state index contributed by atoms with van der Waals surface area (Å²) < 4.78 is 5.70. The lowest BCUT2D eigenvalue weighted by Gasteiger charge is -2.24. The first-order valence-corrected chi connectivity index (χ1v) is 13.7. The van der Waals surface area contributed by atoms with Crippen LogP contribution in [0.4, 0.5) is 9.59 Å². The zero-order chi connectivity index (χ0) is 28.5. The molecule has 5 rings (SSSR count). The summed E-state index contributed by atoms with van der Waals surface area (Å²) in [4.78, 5) is 36.3. The Balaban J connectivity index is 0.000000867. The van der Waals surface area contributed by atoms with Gasteiger partial charge in [0, 0.05) is 13.1 Å². The van der Waals surface area contributed by atoms with Crippen molar-refractivity contribution >= 4 is 18.2 Å². The van der Waals surface area contributed by atoms with Crippen LogP contribution < -0.4 is 5.32 Å². The van der Waals surface area contributed by atoms with E-state index in [1.54, 1.807) is 4.90 Å². The van der Waals surface area contributed by atoms with E-state index in [9.17, 15) is 9.59 Å². The summed E-state index contributed by atoms with van der Waals surface area (Å²) in [6.45, 7) is 3.06. The Morgan fingerprint density at radius 3 is 2.08 bits per heavy atom. The highest BCUT2D eigenvalue weighted by Gasteiger charge is 2.39. The molecular weight excluding hydrogens is 508 g/mol. The molecular formula is C32H36N2O6. The molecule has 1 aliphatic heterocycles. The number of benzene rings is 3. The largest absolute Gasteiger partial charge is 0.503 e. The van der Waals surface area contributed by atoms with Gasteiger partial charge >= 0.3 is 12.2 Å². The maximum Gasteiger partial charge on any atom is 0.503 e. The summed E-state index contributed by atoms with van der Waals surface area (Å²) in [5.41, 5.74) is 4.20. The number of cyclic esters (lactones) is 1. The lowest BCUT2D eigenvalue weighted by molar-refractivity contribution is -0.123. The Bertz CT molecular complexity index is 1260. The molecule has 8 nitrogen and oxygen atoms in total. The van der Waals surface area contributed by atoms with Crippen LogP contribution in [0.2, 0.25) is 0 Å². The number of nitrogens with one attached hydrogen (secondary N) is 1. The first kappa shape index (κ1) is 28.7. The number of hydrogen-bond acceptors (Lipinski definition) is 4. The second kappa shape index (κ2) is 13.6. The van der Waals surface area contributed by atoms with Gasteiger partial charge in [-0.3, -0.25) is 9.69 Å². The third kappa shape index (κ3) is 7.40. The summed E-state index contributed by atoms with van der Waals surface area (Å²) in [6, 6.07) is 28.1. The fraction of sp³-hybridized carbons (Fsp3) is 0.344. The van der Waals surface area contributed by atoms with Gasteiger partial charge in [-0.2, -0.15) is 0 Å². The fourth-order valence-corrected chi connectivity index (χ4v) is 5.65. The Labute approximate surface area is 234 Å². The summed E-state index contributed by atoms with van der Waals surface area (Å²) in [7, 11) is 0. The highest BCUT2D eigenvalue weighted by molar-refractivity contribution is 5.84. The van der Waals surface area contributed by atoms with E-state index < -0.39 is 6.16 Å². The quantitative estimate of drug-likeness (QED) is 0.295. The number of nitrogens with zero attached hydrogens (tertiary/aromatic N) is 1. The second-order valence-electron chi connectivity index (χ2n) is 10.3. The predicted octanol–water partition coefficient (Wildman–Crippen LogP) is 6.58.